The SMILES string of the molecule is COC12CC(C)=C(C)CC1C2(Br)Br. The zero-order valence-corrected chi connectivity index (χ0v) is 11.3. The van der Waals surface area contributed by atoms with Gasteiger partial charge in [-0.25, -0.2) is 0 Å². The van der Waals surface area contributed by atoms with Crippen molar-refractivity contribution in [3.8, 4) is 0 Å². The molecule has 0 amide bonds. The standard InChI is InChI=1S/C10H14Br2O/c1-6-4-8-9(13-3,5-7(6)2)10(8,11)12/h8H,4-5H2,1-3H3. The fourth-order valence-electron chi connectivity index (χ4n) is 2.42. The van der Waals surface area contributed by atoms with Crippen molar-refractivity contribution in [1.82, 2.24) is 0 Å². The van der Waals surface area contributed by atoms with E-state index in [0.717, 1.165) is 12.8 Å². The summed E-state index contributed by atoms with van der Waals surface area (Å²) in [6.45, 7) is 4.43. The van der Waals surface area contributed by atoms with Crippen molar-refractivity contribution in [2.45, 2.75) is 35.5 Å². The monoisotopic (exact) mass is 308 g/mol. The maximum Gasteiger partial charge on any atom is 0.116 e. The van der Waals surface area contributed by atoms with Gasteiger partial charge in [-0.2, -0.15) is 0 Å². The fraction of sp³-hybridized carbons (Fsp3) is 0.800. The summed E-state index contributed by atoms with van der Waals surface area (Å²) in [5, 5.41) is 0. The summed E-state index contributed by atoms with van der Waals surface area (Å²) >= 11 is 7.43. The van der Waals surface area contributed by atoms with Crippen LogP contribution < -0.4 is 0 Å². The highest BCUT2D eigenvalue weighted by Crippen LogP contribution is 2.72. The van der Waals surface area contributed by atoms with Crippen molar-refractivity contribution in [1.29, 1.82) is 0 Å². The molecule has 2 rings (SSSR count). The first-order chi connectivity index (χ1) is 5.95. The van der Waals surface area contributed by atoms with Crippen LogP contribution in [0.5, 0.6) is 0 Å². The minimum Gasteiger partial charge on any atom is -0.375 e. The van der Waals surface area contributed by atoms with Crippen LogP contribution in [0, 0.1) is 5.92 Å². The third-order valence-electron chi connectivity index (χ3n) is 3.61. The topological polar surface area (TPSA) is 9.23 Å². The molecule has 0 aliphatic heterocycles. The lowest BCUT2D eigenvalue weighted by atomic mass is 9.92. The molecule has 2 unspecified atom stereocenters. The van der Waals surface area contributed by atoms with Crippen LogP contribution >= 0.6 is 31.9 Å². The number of hydrogen-bond donors (Lipinski definition) is 0. The maximum absolute atomic E-state index is 5.66. The summed E-state index contributed by atoms with van der Waals surface area (Å²) in [6, 6.07) is 0. The molecule has 2 aliphatic carbocycles. The average molecular weight is 310 g/mol. The summed E-state index contributed by atoms with van der Waals surface area (Å²) in [5.41, 5.74) is 3.02. The molecule has 13 heavy (non-hydrogen) atoms. The molecular weight excluding hydrogens is 296 g/mol. The van der Waals surface area contributed by atoms with Crippen LogP contribution in [0.15, 0.2) is 11.1 Å². The van der Waals surface area contributed by atoms with E-state index in [1.807, 2.05) is 7.11 Å². The van der Waals surface area contributed by atoms with Gasteiger partial charge in [0.15, 0.2) is 0 Å². The largest absolute Gasteiger partial charge is 0.375 e. The minimum atomic E-state index is 0.0105. The van der Waals surface area contributed by atoms with Gasteiger partial charge in [0, 0.05) is 13.0 Å². The van der Waals surface area contributed by atoms with E-state index >= 15 is 0 Å². The van der Waals surface area contributed by atoms with E-state index in [2.05, 4.69) is 45.7 Å². The second-order valence-electron chi connectivity index (χ2n) is 4.21. The van der Waals surface area contributed by atoms with Crippen LogP contribution in [0.1, 0.15) is 26.7 Å². The highest BCUT2D eigenvalue weighted by molar-refractivity contribution is 9.25. The number of rotatable bonds is 1. The number of alkyl halides is 2. The molecule has 1 nitrogen and oxygen atoms in total. The molecule has 0 spiro atoms. The van der Waals surface area contributed by atoms with E-state index in [4.69, 9.17) is 4.74 Å². The summed E-state index contributed by atoms with van der Waals surface area (Å²) < 4.78 is 5.67. The quantitative estimate of drug-likeness (QED) is 0.531. The molecule has 1 saturated carbocycles. The number of allylic oxidation sites excluding steroid dienone is 1. The van der Waals surface area contributed by atoms with Gasteiger partial charge in [0.2, 0.25) is 0 Å². The molecule has 0 radical (unpaired) electrons. The van der Waals surface area contributed by atoms with Crippen molar-refractivity contribution in [3.05, 3.63) is 11.1 Å². The molecule has 2 aliphatic rings. The second kappa shape index (κ2) is 2.83. The number of hydrogen-bond acceptors (Lipinski definition) is 1. The van der Waals surface area contributed by atoms with E-state index in [9.17, 15) is 0 Å². The first-order valence-electron chi connectivity index (χ1n) is 4.54. The van der Waals surface area contributed by atoms with Gasteiger partial charge >= 0.3 is 0 Å². The number of halogens is 2. The molecule has 3 heteroatoms. The predicted molar refractivity (Wildman–Crippen MR) is 61.4 cm³/mol. The van der Waals surface area contributed by atoms with Crippen LogP contribution in [0.25, 0.3) is 0 Å². The maximum atomic E-state index is 5.66. The summed E-state index contributed by atoms with van der Waals surface area (Å²) in [6.07, 6.45) is 2.20. The molecule has 0 N–H and O–H groups in total. The Kier molecular flexibility index (Phi) is 2.22. The molecular formula is C10H14Br2O. The van der Waals surface area contributed by atoms with Crippen molar-refractivity contribution >= 4 is 31.9 Å². The lowest BCUT2D eigenvalue weighted by Crippen LogP contribution is -2.23. The highest BCUT2D eigenvalue weighted by atomic mass is 79.9. The van der Waals surface area contributed by atoms with Crippen LogP contribution in [-0.4, -0.2) is 15.9 Å². The average Bonchev–Trinajstić information content (AvgIpc) is 2.52. The molecule has 0 heterocycles. The first-order valence-corrected chi connectivity index (χ1v) is 6.12. The van der Waals surface area contributed by atoms with Gasteiger partial charge in [0.1, 0.15) is 8.83 Å². The van der Waals surface area contributed by atoms with Gasteiger partial charge in [0.05, 0.1) is 0 Å². The van der Waals surface area contributed by atoms with Crippen LogP contribution in [0.3, 0.4) is 0 Å². The molecule has 74 valence electrons. The Morgan fingerprint density at radius 1 is 1.31 bits per heavy atom. The Bertz CT molecular complexity index is 283. The lowest BCUT2D eigenvalue weighted by Gasteiger charge is -2.22. The van der Waals surface area contributed by atoms with Crippen molar-refractivity contribution in [3.63, 3.8) is 0 Å². The van der Waals surface area contributed by atoms with E-state index in [1.54, 1.807) is 0 Å². The highest BCUT2D eigenvalue weighted by Gasteiger charge is 2.76. The second-order valence-corrected chi connectivity index (χ2v) is 7.78. The zero-order chi connectivity index (χ0) is 9.85. The number of fused-ring (bicyclic) bond motifs is 1. The molecule has 0 bridgehead atoms. The van der Waals surface area contributed by atoms with Crippen LogP contribution in [-0.2, 0) is 4.74 Å². The molecule has 0 aromatic rings. The minimum absolute atomic E-state index is 0.0105. The fourth-order valence-corrected chi connectivity index (χ4v) is 4.41. The van der Waals surface area contributed by atoms with Crippen molar-refractivity contribution < 1.29 is 4.74 Å². The summed E-state index contributed by atoms with van der Waals surface area (Å²) in [4.78, 5) is 0. The predicted octanol–water partition coefficient (Wildman–Crippen LogP) is 3.62. The Labute approximate surface area is 96.2 Å². The smallest absolute Gasteiger partial charge is 0.116 e. The third kappa shape index (κ3) is 1.13. The molecule has 0 aromatic heterocycles. The van der Waals surface area contributed by atoms with Gasteiger partial charge in [-0.3, -0.25) is 0 Å². The molecule has 2 atom stereocenters. The first kappa shape index (κ1) is 10.2. The van der Waals surface area contributed by atoms with E-state index in [-0.39, 0.29) is 8.83 Å². The molecule has 0 saturated heterocycles. The van der Waals surface area contributed by atoms with Gasteiger partial charge < -0.3 is 4.74 Å². The van der Waals surface area contributed by atoms with Gasteiger partial charge in [0.25, 0.3) is 0 Å². The lowest BCUT2D eigenvalue weighted by molar-refractivity contribution is 0.0619. The van der Waals surface area contributed by atoms with Crippen molar-refractivity contribution in [2.75, 3.05) is 7.11 Å². The van der Waals surface area contributed by atoms with E-state index in [1.165, 1.54) is 11.1 Å². The Morgan fingerprint density at radius 3 is 2.46 bits per heavy atom. The number of methoxy groups -OCH3 is 1. The Hall–Kier alpha value is 0.660. The van der Waals surface area contributed by atoms with E-state index < -0.39 is 0 Å². The molecule has 1 fully saturated rings. The van der Waals surface area contributed by atoms with Gasteiger partial charge in [-0.1, -0.05) is 43.0 Å². The number of ether oxygens (including phenoxy) is 1. The van der Waals surface area contributed by atoms with Crippen molar-refractivity contribution in [2.24, 2.45) is 5.92 Å². The van der Waals surface area contributed by atoms with Crippen LogP contribution in [0.2, 0.25) is 0 Å². The third-order valence-corrected chi connectivity index (χ3v) is 6.06. The zero-order valence-electron chi connectivity index (χ0n) is 8.16. The summed E-state index contributed by atoms with van der Waals surface area (Å²) in [7, 11) is 1.81. The Balaban J connectivity index is 2.30. The Morgan fingerprint density at radius 2 is 1.92 bits per heavy atom. The summed E-state index contributed by atoms with van der Waals surface area (Å²) in [5.74, 6) is 0.591. The molecule has 0 aromatic carbocycles. The van der Waals surface area contributed by atoms with E-state index in [0.29, 0.717) is 5.92 Å². The normalized spacial score (nSPS) is 41.8. The van der Waals surface area contributed by atoms with Gasteiger partial charge in [-0.05, 0) is 26.7 Å². The van der Waals surface area contributed by atoms with Crippen LogP contribution in [0.4, 0.5) is 0 Å². The van der Waals surface area contributed by atoms with Gasteiger partial charge in [-0.15, -0.1) is 0 Å².